The van der Waals surface area contributed by atoms with Gasteiger partial charge in [0.25, 0.3) is 0 Å². The van der Waals surface area contributed by atoms with Gasteiger partial charge in [-0.25, -0.2) is 0 Å². The maximum Gasteiger partial charge on any atom is 0.247 e. The van der Waals surface area contributed by atoms with E-state index >= 15 is 0 Å². The van der Waals surface area contributed by atoms with Crippen molar-refractivity contribution in [2.24, 2.45) is 0 Å². The Hall–Kier alpha value is -1.98. The number of aromatic nitrogens is 2. The quantitative estimate of drug-likeness (QED) is 0.664. The predicted molar refractivity (Wildman–Crippen MR) is 93.8 cm³/mol. The normalized spacial score (nSPS) is 11.1. The second kappa shape index (κ2) is 7.06. The highest BCUT2D eigenvalue weighted by Crippen LogP contribution is 2.19. The molecular formula is C18H18BrN3O. The molecule has 0 N–H and O–H groups in total. The number of halogens is 1. The lowest BCUT2D eigenvalue weighted by Crippen LogP contribution is -2.17. The van der Waals surface area contributed by atoms with E-state index in [1.165, 1.54) is 11.1 Å². The Kier molecular flexibility index (Phi) is 4.88. The fourth-order valence-corrected chi connectivity index (χ4v) is 2.58. The van der Waals surface area contributed by atoms with Gasteiger partial charge in [-0.05, 0) is 43.8 Å². The van der Waals surface area contributed by atoms with E-state index in [0.717, 1.165) is 16.6 Å². The first-order valence-corrected chi connectivity index (χ1v) is 8.22. The Labute approximate surface area is 144 Å². The van der Waals surface area contributed by atoms with Crippen LogP contribution in [0.3, 0.4) is 0 Å². The van der Waals surface area contributed by atoms with Gasteiger partial charge >= 0.3 is 0 Å². The van der Waals surface area contributed by atoms with Crippen LogP contribution in [0, 0.1) is 6.92 Å². The molecule has 0 aliphatic carbocycles. The van der Waals surface area contributed by atoms with Crippen molar-refractivity contribution in [2.75, 3.05) is 7.05 Å². The van der Waals surface area contributed by atoms with Crippen LogP contribution < -0.4 is 0 Å². The van der Waals surface area contributed by atoms with Crippen LogP contribution in [0.15, 0.2) is 57.4 Å². The third kappa shape index (κ3) is 4.27. The van der Waals surface area contributed by atoms with Gasteiger partial charge in [-0.3, -0.25) is 4.90 Å². The minimum Gasteiger partial charge on any atom is -0.419 e. The number of nitrogens with zero attached hydrogens (tertiary/aromatic N) is 3. The summed E-state index contributed by atoms with van der Waals surface area (Å²) in [5.74, 6) is 1.19. The van der Waals surface area contributed by atoms with Crippen LogP contribution in [0.2, 0.25) is 0 Å². The van der Waals surface area contributed by atoms with Crippen molar-refractivity contribution in [2.45, 2.75) is 20.0 Å². The summed E-state index contributed by atoms with van der Waals surface area (Å²) in [5.41, 5.74) is 3.40. The molecule has 3 aromatic rings. The molecule has 0 bridgehead atoms. The molecule has 0 radical (unpaired) electrons. The molecule has 0 atom stereocenters. The van der Waals surface area contributed by atoms with Gasteiger partial charge in [-0.15, -0.1) is 10.2 Å². The van der Waals surface area contributed by atoms with Crippen LogP contribution in [0.5, 0.6) is 0 Å². The molecule has 23 heavy (non-hydrogen) atoms. The van der Waals surface area contributed by atoms with E-state index in [4.69, 9.17) is 4.42 Å². The minimum absolute atomic E-state index is 0.567. The lowest BCUT2D eigenvalue weighted by molar-refractivity contribution is 0.283. The molecule has 1 heterocycles. The number of aryl methyl sites for hydroxylation is 1. The van der Waals surface area contributed by atoms with E-state index in [9.17, 15) is 0 Å². The maximum absolute atomic E-state index is 5.77. The molecule has 1 aromatic heterocycles. The summed E-state index contributed by atoms with van der Waals surface area (Å²) in [5, 5.41) is 8.28. The van der Waals surface area contributed by atoms with Crippen LogP contribution in [0.1, 0.15) is 17.0 Å². The van der Waals surface area contributed by atoms with Gasteiger partial charge in [0.15, 0.2) is 0 Å². The fourth-order valence-electron chi connectivity index (χ4n) is 2.32. The summed E-state index contributed by atoms with van der Waals surface area (Å²) in [7, 11) is 2.04. The van der Waals surface area contributed by atoms with Gasteiger partial charge in [0, 0.05) is 16.6 Å². The first kappa shape index (κ1) is 15.9. The molecule has 4 nitrogen and oxygen atoms in total. The van der Waals surface area contributed by atoms with Gasteiger partial charge < -0.3 is 4.42 Å². The number of rotatable bonds is 5. The summed E-state index contributed by atoms with van der Waals surface area (Å²) in [6.45, 7) is 3.50. The lowest BCUT2D eigenvalue weighted by atomic mass is 10.1. The molecule has 0 saturated heterocycles. The third-order valence-corrected chi connectivity index (χ3v) is 4.06. The predicted octanol–water partition coefficient (Wildman–Crippen LogP) is 4.44. The first-order valence-electron chi connectivity index (χ1n) is 7.42. The van der Waals surface area contributed by atoms with Crippen LogP contribution >= 0.6 is 15.9 Å². The van der Waals surface area contributed by atoms with Gasteiger partial charge in [0.05, 0.1) is 6.54 Å². The molecular weight excluding hydrogens is 354 g/mol. The van der Waals surface area contributed by atoms with E-state index in [1.807, 2.05) is 43.4 Å². The smallest absolute Gasteiger partial charge is 0.247 e. The molecule has 2 aromatic carbocycles. The van der Waals surface area contributed by atoms with Gasteiger partial charge in [0.1, 0.15) is 0 Å². The minimum atomic E-state index is 0.567. The van der Waals surface area contributed by atoms with E-state index in [-0.39, 0.29) is 0 Å². The second-order valence-electron chi connectivity index (χ2n) is 5.67. The molecule has 0 unspecified atom stereocenters. The highest BCUT2D eigenvalue weighted by atomic mass is 79.9. The molecule has 5 heteroatoms. The average Bonchev–Trinajstić information content (AvgIpc) is 2.98. The van der Waals surface area contributed by atoms with Crippen molar-refractivity contribution in [3.05, 3.63) is 70.0 Å². The lowest BCUT2D eigenvalue weighted by Gasteiger charge is -2.14. The van der Waals surface area contributed by atoms with E-state index in [2.05, 4.69) is 50.1 Å². The topological polar surface area (TPSA) is 42.2 Å². The fraction of sp³-hybridized carbons (Fsp3) is 0.222. The Morgan fingerprint density at radius 2 is 1.65 bits per heavy atom. The van der Waals surface area contributed by atoms with Crippen LogP contribution in [0.25, 0.3) is 11.5 Å². The van der Waals surface area contributed by atoms with Crippen molar-refractivity contribution in [1.82, 2.24) is 15.1 Å². The zero-order chi connectivity index (χ0) is 16.2. The zero-order valence-electron chi connectivity index (χ0n) is 13.2. The van der Waals surface area contributed by atoms with Gasteiger partial charge in [0.2, 0.25) is 11.8 Å². The molecule has 0 aliphatic heterocycles. The molecule has 0 aliphatic rings. The van der Waals surface area contributed by atoms with Crippen molar-refractivity contribution in [3.63, 3.8) is 0 Å². The molecule has 118 valence electrons. The standard InChI is InChI=1S/C18H18BrN3O/c1-13-3-7-15(8-4-13)18-21-20-17(23-18)12-22(2)11-14-5-9-16(19)10-6-14/h3-10H,11-12H2,1-2H3. The van der Waals surface area contributed by atoms with E-state index in [0.29, 0.717) is 18.3 Å². The second-order valence-corrected chi connectivity index (χ2v) is 6.58. The van der Waals surface area contributed by atoms with Gasteiger partial charge in [-0.1, -0.05) is 45.8 Å². The molecule has 0 fully saturated rings. The Bertz CT molecular complexity index is 766. The first-order chi connectivity index (χ1) is 11.1. The number of hydrogen-bond donors (Lipinski definition) is 0. The Balaban J connectivity index is 1.64. The van der Waals surface area contributed by atoms with Crippen molar-refractivity contribution in [3.8, 4) is 11.5 Å². The molecule has 0 amide bonds. The zero-order valence-corrected chi connectivity index (χ0v) is 14.7. The van der Waals surface area contributed by atoms with Crippen molar-refractivity contribution >= 4 is 15.9 Å². The molecule has 0 saturated carbocycles. The average molecular weight is 372 g/mol. The highest BCUT2D eigenvalue weighted by molar-refractivity contribution is 9.10. The largest absolute Gasteiger partial charge is 0.419 e. The monoisotopic (exact) mass is 371 g/mol. The Morgan fingerprint density at radius 1 is 0.957 bits per heavy atom. The van der Waals surface area contributed by atoms with E-state index < -0.39 is 0 Å². The SMILES string of the molecule is Cc1ccc(-c2nnc(CN(C)Cc3ccc(Br)cc3)o2)cc1. The summed E-state index contributed by atoms with van der Waals surface area (Å²) < 4.78 is 6.85. The number of benzene rings is 2. The summed E-state index contributed by atoms with van der Waals surface area (Å²) >= 11 is 3.45. The number of hydrogen-bond acceptors (Lipinski definition) is 4. The Morgan fingerprint density at radius 3 is 2.35 bits per heavy atom. The molecule has 3 rings (SSSR count). The van der Waals surface area contributed by atoms with Crippen LogP contribution in [-0.4, -0.2) is 22.1 Å². The highest BCUT2D eigenvalue weighted by Gasteiger charge is 2.11. The van der Waals surface area contributed by atoms with Crippen LogP contribution in [-0.2, 0) is 13.1 Å². The summed E-state index contributed by atoms with van der Waals surface area (Å²) in [6, 6.07) is 16.4. The van der Waals surface area contributed by atoms with Crippen LogP contribution in [0.4, 0.5) is 0 Å². The van der Waals surface area contributed by atoms with Gasteiger partial charge in [-0.2, -0.15) is 0 Å². The maximum atomic E-state index is 5.77. The summed E-state index contributed by atoms with van der Waals surface area (Å²) in [4.78, 5) is 2.15. The summed E-state index contributed by atoms with van der Waals surface area (Å²) in [6.07, 6.45) is 0. The van der Waals surface area contributed by atoms with E-state index in [1.54, 1.807) is 0 Å². The third-order valence-electron chi connectivity index (χ3n) is 3.54. The van der Waals surface area contributed by atoms with Crippen molar-refractivity contribution < 1.29 is 4.42 Å². The molecule has 0 spiro atoms. The van der Waals surface area contributed by atoms with Crippen molar-refractivity contribution in [1.29, 1.82) is 0 Å².